The van der Waals surface area contributed by atoms with E-state index in [4.69, 9.17) is 0 Å². The van der Waals surface area contributed by atoms with Crippen LogP contribution in [0.4, 0.5) is 0 Å². The van der Waals surface area contributed by atoms with Crippen LogP contribution < -0.4 is 5.32 Å². The van der Waals surface area contributed by atoms with Crippen molar-refractivity contribution in [1.29, 1.82) is 0 Å². The fourth-order valence-corrected chi connectivity index (χ4v) is 2.68. The summed E-state index contributed by atoms with van der Waals surface area (Å²) in [4.78, 5) is 34.0. The minimum absolute atomic E-state index is 0.0172. The molecule has 0 saturated carbocycles. The molecule has 7 heteroatoms. The number of likely N-dealkylation sites (tertiary alicyclic amines) is 1. The van der Waals surface area contributed by atoms with E-state index in [1.165, 1.54) is 0 Å². The summed E-state index contributed by atoms with van der Waals surface area (Å²) >= 11 is 0. The van der Waals surface area contributed by atoms with E-state index in [1.54, 1.807) is 29.8 Å². The molecule has 23 heavy (non-hydrogen) atoms. The number of pyridine rings is 1. The first kappa shape index (κ1) is 15.2. The van der Waals surface area contributed by atoms with Gasteiger partial charge in [0.1, 0.15) is 0 Å². The molecular formula is C16H19N5O2. The van der Waals surface area contributed by atoms with E-state index < -0.39 is 0 Å². The number of carbonyl (C=O) groups excluding carboxylic acids is 2. The highest BCUT2D eigenvalue weighted by Gasteiger charge is 2.33. The van der Waals surface area contributed by atoms with Crippen LogP contribution in [-0.4, -0.2) is 44.3 Å². The largest absolute Gasteiger partial charge is 0.354 e. The van der Waals surface area contributed by atoms with Gasteiger partial charge in [0.25, 0.3) is 0 Å². The third kappa shape index (κ3) is 3.94. The van der Waals surface area contributed by atoms with E-state index in [9.17, 15) is 9.59 Å². The fourth-order valence-electron chi connectivity index (χ4n) is 2.68. The Labute approximate surface area is 134 Å². The van der Waals surface area contributed by atoms with Crippen molar-refractivity contribution < 1.29 is 9.59 Å². The van der Waals surface area contributed by atoms with Gasteiger partial charge in [-0.25, -0.2) is 4.98 Å². The monoisotopic (exact) mass is 313 g/mol. The van der Waals surface area contributed by atoms with Crippen molar-refractivity contribution in [1.82, 2.24) is 24.8 Å². The number of hydrogen-bond donors (Lipinski definition) is 1. The summed E-state index contributed by atoms with van der Waals surface area (Å²) in [7, 11) is 0. The lowest BCUT2D eigenvalue weighted by atomic mass is 10.1. The van der Waals surface area contributed by atoms with Crippen LogP contribution in [0.25, 0.3) is 0 Å². The van der Waals surface area contributed by atoms with Gasteiger partial charge < -0.3 is 14.8 Å². The number of imidazole rings is 1. The summed E-state index contributed by atoms with van der Waals surface area (Å²) in [5.74, 6) is -0.322. The Balaban J connectivity index is 1.47. The molecule has 1 atom stereocenters. The van der Waals surface area contributed by atoms with Gasteiger partial charge in [-0.05, 0) is 11.6 Å². The standard InChI is InChI=1S/C16H19N5O2/c22-15-8-14(11-21(15)10-13-2-1-3-17-9-13)16(23)19-5-7-20-6-4-18-12-20/h1-4,6,9,12,14H,5,7-8,10-11H2,(H,19,23). The minimum atomic E-state index is -0.276. The molecule has 1 aliphatic rings. The number of nitrogens with one attached hydrogen (secondary N) is 1. The van der Waals surface area contributed by atoms with E-state index >= 15 is 0 Å². The summed E-state index contributed by atoms with van der Waals surface area (Å²) in [6, 6.07) is 3.77. The first-order chi connectivity index (χ1) is 11.2. The maximum absolute atomic E-state index is 12.2. The first-order valence-electron chi connectivity index (χ1n) is 7.62. The van der Waals surface area contributed by atoms with Crippen molar-refractivity contribution in [3.05, 3.63) is 48.8 Å². The molecule has 0 bridgehead atoms. The molecule has 1 fully saturated rings. The molecule has 0 spiro atoms. The van der Waals surface area contributed by atoms with E-state index in [-0.39, 0.29) is 24.2 Å². The Kier molecular flexibility index (Phi) is 4.65. The van der Waals surface area contributed by atoms with E-state index in [2.05, 4.69) is 15.3 Å². The lowest BCUT2D eigenvalue weighted by Crippen LogP contribution is -2.34. The summed E-state index contributed by atoms with van der Waals surface area (Å²) in [6.07, 6.45) is 8.98. The highest BCUT2D eigenvalue weighted by atomic mass is 16.2. The van der Waals surface area contributed by atoms with Crippen molar-refractivity contribution in [2.75, 3.05) is 13.1 Å². The molecule has 1 unspecified atom stereocenters. The van der Waals surface area contributed by atoms with Crippen molar-refractivity contribution >= 4 is 11.8 Å². The Hall–Kier alpha value is -2.70. The van der Waals surface area contributed by atoms with Crippen LogP contribution in [0.15, 0.2) is 43.2 Å². The van der Waals surface area contributed by atoms with Gasteiger partial charge in [-0.2, -0.15) is 0 Å². The predicted octanol–water partition coefficient (Wildman–Crippen LogP) is 0.443. The molecule has 3 heterocycles. The molecule has 0 radical (unpaired) electrons. The maximum atomic E-state index is 12.2. The van der Waals surface area contributed by atoms with Crippen LogP contribution in [0, 0.1) is 5.92 Å². The van der Waals surface area contributed by atoms with Crippen LogP contribution in [-0.2, 0) is 22.7 Å². The number of rotatable bonds is 6. The molecule has 2 amide bonds. The van der Waals surface area contributed by atoms with Gasteiger partial charge in [-0.3, -0.25) is 14.6 Å². The fraction of sp³-hybridized carbons (Fsp3) is 0.375. The van der Waals surface area contributed by atoms with Crippen molar-refractivity contribution in [2.45, 2.75) is 19.5 Å². The lowest BCUT2D eigenvalue weighted by Gasteiger charge is -2.16. The normalized spacial score (nSPS) is 17.5. The molecule has 120 valence electrons. The van der Waals surface area contributed by atoms with Gasteiger partial charge in [0.15, 0.2) is 0 Å². The summed E-state index contributed by atoms with van der Waals surface area (Å²) in [5.41, 5.74) is 0.974. The SMILES string of the molecule is O=C(NCCn1ccnc1)C1CC(=O)N(Cc2cccnc2)C1. The Morgan fingerprint density at radius 3 is 3.00 bits per heavy atom. The van der Waals surface area contributed by atoms with Crippen LogP contribution in [0.5, 0.6) is 0 Å². The third-order valence-corrected chi connectivity index (χ3v) is 3.91. The quantitative estimate of drug-likeness (QED) is 0.839. The molecule has 0 aliphatic carbocycles. The van der Waals surface area contributed by atoms with E-state index in [0.717, 1.165) is 5.56 Å². The smallest absolute Gasteiger partial charge is 0.225 e. The molecule has 1 saturated heterocycles. The highest BCUT2D eigenvalue weighted by Crippen LogP contribution is 2.20. The summed E-state index contributed by atoms with van der Waals surface area (Å²) in [5, 5.41) is 2.89. The number of nitrogens with zero attached hydrogens (tertiary/aromatic N) is 4. The first-order valence-corrected chi connectivity index (χ1v) is 7.62. The summed E-state index contributed by atoms with van der Waals surface area (Å²) < 4.78 is 1.90. The van der Waals surface area contributed by atoms with Crippen molar-refractivity contribution in [3.63, 3.8) is 0 Å². The number of carbonyl (C=O) groups is 2. The Morgan fingerprint density at radius 2 is 2.26 bits per heavy atom. The van der Waals surface area contributed by atoms with E-state index in [0.29, 0.717) is 26.2 Å². The zero-order valence-electron chi connectivity index (χ0n) is 12.8. The van der Waals surface area contributed by atoms with Crippen molar-refractivity contribution in [3.8, 4) is 0 Å². The molecule has 2 aromatic heterocycles. The van der Waals surface area contributed by atoms with Crippen LogP contribution in [0.1, 0.15) is 12.0 Å². The number of amides is 2. The number of hydrogen-bond acceptors (Lipinski definition) is 4. The second kappa shape index (κ2) is 7.04. The zero-order chi connectivity index (χ0) is 16.1. The molecule has 0 aromatic carbocycles. The molecule has 7 nitrogen and oxygen atoms in total. The Bertz CT molecular complexity index is 656. The van der Waals surface area contributed by atoms with Gasteiger partial charge in [0.05, 0.1) is 12.2 Å². The third-order valence-electron chi connectivity index (χ3n) is 3.91. The van der Waals surface area contributed by atoms with Crippen LogP contribution in [0.2, 0.25) is 0 Å². The number of aromatic nitrogens is 3. The Morgan fingerprint density at radius 1 is 1.35 bits per heavy atom. The lowest BCUT2D eigenvalue weighted by molar-refractivity contribution is -0.129. The van der Waals surface area contributed by atoms with E-state index in [1.807, 2.05) is 22.9 Å². The molecule has 2 aromatic rings. The van der Waals surface area contributed by atoms with Crippen LogP contribution in [0.3, 0.4) is 0 Å². The predicted molar refractivity (Wildman–Crippen MR) is 83.0 cm³/mol. The zero-order valence-corrected chi connectivity index (χ0v) is 12.8. The van der Waals surface area contributed by atoms with Gasteiger partial charge in [-0.1, -0.05) is 6.07 Å². The molecule has 1 aliphatic heterocycles. The average molecular weight is 313 g/mol. The van der Waals surface area contributed by atoms with Gasteiger partial charge in [0, 0.05) is 57.4 Å². The van der Waals surface area contributed by atoms with Gasteiger partial charge >= 0.3 is 0 Å². The highest BCUT2D eigenvalue weighted by molar-refractivity contribution is 5.89. The molecular weight excluding hydrogens is 294 g/mol. The summed E-state index contributed by atoms with van der Waals surface area (Å²) in [6.45, 7) is 2.17. The molecule has 3 rings (SSSR count). The minimum Gasteiger partial charge on any atom is -0.354 e. The second-order valence-corrected chi connectivity index (χ2v) is 5.63. The maximum Gasteiger partial charge on any atom is 0.225 e. The topological polar surface area (TPSA) is 80.1 Å². The molecule has 1 N–H and O–H groups in total. The van der Waals surface area contributed by atoms with Crippen LogP contribution >= 0.6 is 0 Å². The van der Waals surface area contributed by atoms with Crippen molar-refractivity contribution in [2.24, 2.45) is 5.92 Å². The second-order valence-electron chi connectivity index (χ2n) is 5.63. The average Bonchev–Trinajstić information content (AvgIpc) is 3.19. The van der Waals surface area contributed by atoms with Gasteiger partial charge in [0.2, 0.25) is 11.8 Å². The van der Waals surface area contributed by atoms with Gasteiger partial charge in [-0.15, -0.1) is 0 Å².